The van der Waals surface area contributed by atoms with Crippen molar-refractivity contribution in [2.24, 2.45) is 17.8 Å². The molecule has 0 aliphatic rings. The summed E-state index contributed by atoms with van der Waals surface area (Å²) in [4.78, 5) is 15.5. The molecule has 0 aliphatic heterocycles. The summed E-state index contributed by atoms with van der Waals surface area (Å²) >= 11 is 0. The molecule has 0 unspecified atom stereocenters. The molecule has 0 spiro atoms. The largest absolute Gasteiger partial charge is 0.387 e. The fourth-order valence-corrected chi connectivity index (χ4v) is 1.71. The lowest BCUT2D eigenvalue weighted by Gasteiger charge is -1.99. The van der Waals surface area contributed by atoms with E-state index in [1.165, 1.54) is 0 Å². The highest BCUT2D eigenvalue weighted by Gasteiger charge is 2.11. The number of aliphatic imine (C=N–C) groups is 1. The van der Waals surface area contributed by atoms with Crippen LogP contribution in [0.15, 0.2) is 35.3 Å². The predicted octanol–water partition coefficient (Wildman–Crippen LogP) is 1.70. The van der Waals surface area contributed by atoms with E-state index in [0.29, 0.717) is 5.69 Å². The van der Waals surface area contributed by atoms with Gasteiger partial charge < -0.3 is 10.3 Å². The summed E-state index contributed by atoms with van der Waals surface area (Å²) in [7, 11) is 1.84. The second kappa shape index (κ2) is 3.81. The molecule has 4 nitrogen and oxygen atoms in total. The van der Waals surface area contributed by atoms with E-state index in [1.807, 2.05) is 41.9 Å². The molecule has 82 valence electrons. The van der Waals surface area contributed by atoms with Gasteiger partial charge in [-0.3, -0.25) is 4.79 Å². The zero-order chi connectivity index (χ0) is 11.7. The molecule has 1 aromatic heterocycles. The Hall–Kier alpha value is -2.10. The quantitative estimate of drug-likeness (QED) is 0.581. The molecule has 0 saturated carbocycles. The van der Waals surface area contributed by atoms with Gasteiger partial charge in [0.1, 0.15) is 11.5 Å². The lowest BCUT2D eigenvalue weighted by atomic mass is 10.2. The first-order valence-electron chi connectivity index (χ1n) is 4.99. The number of aryl methyl sites for hydroxylation is 1. The number of amidine groups is 1. The molecular formula is C12H13N3O. The Morgan fingerprint density at radius 3 is 2.69 bits per heavy atom. The van der Waals surface area contributed by atoms with Gasteiger partial charge in [0.2, 0.25) is 0 Å². The van der Waals surface area contributed by atoms with Crippen molar-refractivity contribution in [1.82, 2.24) is 4.57 Å². The Bertz CT molecular complexity index is 577. The van der Waals surface area contributed by atoms with Gasteiger partial charge in [0.15, 0.2) is 0 Å². The maximum atomic E-state index is 11.8. The number of rotatable bonds is 1. The first kappa shape index (κ1) is 10.4. The van der Waals surface area contributed by atoms with Crippen LogP contribution in [0.1, 0.15) is 17.4 Å². The molecule has 16 heavy (non-hydrogen) atoms. The number of hydrogen-bond donors (Lipinski definition) is 1. The Labute approximate surface area is 93.4 Å². The lowest BCUT2D eigenvalue weighted by Crippen LogP contribution is -2.11. The van der Waals surface area contributed by atoms with Gasteiger partial charge in [0, 0.05) is 18.0 Å². The molecule has 1 aromatic carbocycles. The van der Waals surface area contributed by atoms with Crippen molar-refractivity contribution in [3.05, 3.63) is 36.0 Å². The molecule has 1 heterocycles. The van der Waals surface area contributed by atoms with Crippen LogP contribution in [0, 0.1) is 0 Å². The van der Waals surface area contributed by atoms with E-state index in [9.17, 15) is 4.79 Å². The van der Waals surface area contributed by atoms with Gasteiger partial charge >= 0.3 is 0 Å². The third-order valence-electron chi connectivity index (χ3n) is 2.45. The minimum Gasteiger partial charge on any atom is -0.387 e. The van der Waals surface area contributed by atoms with E-state index in [2.05, 4.69) is 4.99 Å². The zero-order valence-corrected chi connectivity index (χ0v) is 9.27. The monoisotopic (exact) mass is 215 g/mol. The predicted molar refractivity (Wildman–Crippen MR) is 64.5 cm³/mol. The first-order chi connectivity index (χ1) is 7.59. The zero-order valence-electron chi connectivity index (χ0n) is 9.27. The number of benzene rings is 1. The Balaban J connectivity index is 2.58. The smallest absolute Gasteiger partial charge is 0.295 e. The average molecular weight is 215 g/mol. The summed E-state index contributed by atoms with van der Waals surface area (Å²) in [5.74, 6) is -0.0334. The fraction of sp³-hybridized carbons (Fsp3) is 0.167. The third-order valence-corrected chi connectivity index (χ3v) is 2.45. The van der Waals surface area contributed by atoms with Gasteiger partial charge in [-0.1, -0.05) is 18.2 Å². The van der Waals surface area contributed by atoms with Crippen LogP contribution in [0.3, 0.4) is 0 Å². The van der Waals surface area contributed by atoms with Gasteiger partial charge in [0.25, 0.3) is 5.91 Å². The number of nitrogens with zero attached hydrogens (tertiary/aromatic N) is 2. The van der Waals surface area contributed by atoms with Crippen molar-refractivity contribution in [2.45, 2.75) is 6.92 Å². The maximum absolute atomic E-state index is 11.8. The number of hydrogen-bond acceptors (Lipinski definition) is 1. The van der Waals surface area contributed by atoms with E-state index in [1.54, 1.807) is 6.92 Å². The minimum atomic E-state index is -0.307. The molecule has 0 atom stereocenters. The minimum absolute atomic E-state index is 0.273. The van der Waals surface area contributed by atoms with Gasteiger partial charge in [0.05, 0.1) is 0 Å². The Kier molecular flexibility index (Phi) is 2.48. The topological polar surface area (TPSA) is 60.4 Å². The standard InChI is InChI=1S/C12H13N3O/c1-8(13)14-12(16)11-7-9-5-3-4-6-10(9)15(11)2/h3-7H,1-2H3,(H2,13,14,16). The van der Waals surface area contributed by atoms with Gasteiger partial charge in [-0.25, -0.2) is 0 Å². The molecule has 2 rings (SSSR count). The number of para-hydroxylation sites is 1. The highest BCUT2D eigenvalue weighted by atomic mass is 16.1. The number of amides is 1. The second-order valence-corrected chi connectivity index (χ2v) is 3.71. The van der Waals surface area contributed by atoms with Crippen LogP contribution in [-0.2, 0) is 7.05 Å². The van der Waals surface area contributed by atoms with Crippen LogP contribution < -0.4 is 5.73 Å². The van der Waals surface area contributed by atoms with E-state index < -0.39 is 0 Å². The van der Waals surface area contributed by atoms with Crippen molar-refractivity contribution in [3.8, 4) is 0 Å². The van der Waals surface area contributed by atoms with E-state index in [0.717, 1.165) is 10.9 Å². The van der Waals surface area contributed by atoms with Crippen molar-refractivity contribution < 1.29 is 4.79 Å². The summed E-state index contributed by atoms with van der Waals surface area (Å²) in [6.45, 7) is 1.60. The normalized spacial score (nSPS) is 12.0. The van der Waals surface area contributed by atoms with Gasteiger partial charge in [-0.15, -0.1) is 0 Å². The molecule has 4 heteroatoms. The molecule has 2 aromatic rings. The summed E-state index contributed by atoms with van der Waals surface area (Å²) in [6.07, 6.45) is 0. The molecule has 0 saturated heterocycles. The van der Waals surface area contributed by atoms with Gasteiger partial charge in [-0.2, -0.15) is 4.99 Å². The average Bonchev–Trinajstić information content (AvgIpc) is 2.56. The van der Waals surface area contributed by atoms with Crippen LogP contribution in [0.4, 0.5) is 0 Å². The van der Waals surface area contributed by atoms with Crippen LogP contribution >= 0.6 is 0 Å². The molecule has 0 aliphatic carbocycles. The number of fused-ring (bicyclic) bond motifs is 1. The number of aromatic nitrogens is 1. The second-order valence-electron chi connectivity index (χ2n) is 3.71. The lowest BCUT2D eigenvalue weighted by molar-refractivity contribution is 0.0995. The van der Waals surface area contributed by atoms with E-state index in [4.69, 9.17) is 5.73 Å². The van der Waals surface area contributed by atoms with Crippen LogP contribution in [0.2, 0.25) is 0 Å². The maximum Gasteiger partial charge on any atom is 0.295 e. The van der Waals surface area contributed by atoms with Crippen LogP contribution in [0.25, 0.3) is 10.9 Å². The van der Waals surface area contributed by atoms with Crippen molar-refractivity contribution in [2.75, 3.05) is 0 Å². The Morgan fingerprint density at radius 1 is 1.38 bits per heavy atom. The van der Waals surface area contributed by atoms with Crippen molar-refractivity contribution >= 4 is 22.6 Å². The number of carbonyl (C=O) groups is 1. The summed E-state index contributed by atoms with van der Waals surface area (Å²) in [5.41, 5.74) is 6.95. The van der Waals surface area contributed by atoms with Gasteiger partial charge in [-0.05, 0) is 19.1 Å². The first-order valence-corrected chi connectivity index (χ1v) is 4.99. The fourth-order valence-electron chi connectivity index (χ4n) is 1.71. The number of carbonyl (C=O) groups excluding carboxylic acids is 1. The summed E-state index contributed by atoms with van der Waals surface area (Å²) in [5, 5.41) is 1.03. The van der Waals surface area contributed by atoms with E-state index in [-0.39, 0.29) is 11.7 Å². The molecule has 2 N–H and O–H groups in total. The third kappa shape index (κ3) is 1.69. The molecular weight excluding hydrogens is 202 g/mol. The highest BCUT2D eigenvalue weighted by Crippen LogP contribution is 2.18. The van der Waals surface area contributed by atoms with E-state index >= 15 is 0 Å². The SMILES string of the molecule is CC(N)=NC(=O)c1cc2ccccc2n1C. The summed E-state index contributed by atoms with van der Waals surface area (Å²) < 4.78 is 1.82. The molecule has 0 fully saturated rings. The van der Waals surface area contributed by atoms with Crippen molar-refractivity contribution in [3.63, 3.8) is 0 Å². The molecule has 0 bridgehead atoms. The number of nitrogens with two attached hydrogens (primary N) is 1. The molecule has 0 radical (unpaired) electrons. The Morgan fingerprint density at radius 2 is 2.06 bits per heavy atom. The summed E-state index contributed by atoms with van der Waals surface area (Å²) in [6, 6.07) is 9.63. The van der Waals surface area contributed by atoms with Crippen LogP contribution in [0.5, 0.6) is 0 Å². The van der Waals surface area contributed by atoms with Crippen LogP contribution in [-0.4, -0.2) is 16.3 Å². The van der Waals surface area contributed by atoms with Crippen molar-refractivity contribution in [1.29, 1.82) is 0 Å². The molecule has 1 amide bonds. The highest BCUT2D eigenvalue weighted by molar-refractivity contribution is 6.04.